The standard InChI is InChI=1S/C22H28FNO5/c1-27-22(26)21-18(14-2-4-15(23)5-3-14)12-16-6-8-19(21)24(16)10-11-28-20(25)9-7-17-13-29-17/h2-5,16-19,21H,6-13H2,1H3/t16?,17?,18-,19?,21+/m1/s1. The fourth-order valence-electron chi connectivity index (χ4n) is 5.02. The summed E-state index contributed by atoms with van der Waals surface area (Å²) < 4.78 is 29.0. The van der Waals surface area contributed by atoms with Crippen molar-refractivity contribution in [3.05, 3.63) is 35.6 Å². The molecule has 0 aliphatic carbocycles. The number of benzene rings is 1. The average Bonchev–Trinajstić information content (AvgIpc) is 3.51. The number of halogens is 1. The Labute approximate surface area is 170 Å². The lowest BCUT2D eigenvalue weighted by Gasteiger charge is -2.43. The van der Waals surface area contributed by atoms with Crippen molar-refractivity contribution in [2.75, 3.05) is 26.9 Å². The summed E-state index contributed by atoms with van der Waals surface area (Å²) in [5, 5.41) is 0. The zero-order valence-electron chi connectivity index (χ0n) is 16.7. The van der Waals surface area contributed by atoms with E-state index in [4.69, 9.17) is 14.2 Å². The minimum Gasteiger partial charge on any atom is -0.469 e. The van der Waals surface area contributed by atoms with Crippen LogP contribution in [0.4, 0.5) is 4.39 Å². The smallest absolute Gasteiger partial charge is 0.310 e. The van der Waals surface area contributed by atoms with Gasteiger partial charge in [0, 0.05) is 31.0 Å². The van der Waals surface area contributed by atoms with E-state index >= 15 is 0 Å². The van der Waals surface area contributed by atoms with Crippen molar-refractivity contribution in [2.45, 2.75) is 56.2 Å². The van der Waals surface area contributed by atoms with Crippen LogP contribution in [0, 0.1) is 11.7 Å². The van der Waals surface area contributed by atoms with Crippen LogP contribution in [0.3, 0.4) is 0 Å². The van der Waals surface area contributed by atoms with E-state index in [0.717, 1.165) is 37.9 Å². The highest BCUT2D eigenvalue weighted by atomic mass is 19.1. The van der Waals surface area contributed by atoms with Crippen LogP contribution in [0.25, 0.3) is 0 Å². The summed E-state index contributed by atoms with van der Waals surface area (Å²) in [6.07, 6.45) is 4.06. The third-order valence-corrected chi connectivity index (χ3v) is 6.52. The summed E-state index contributed by atoms with van der Waals surface area (Å²) in [4.78, 5) is 26.9. The Morgan fingerprint density at radius 2 is 2.00 bits per heavy atom. The van der Waals surface area contributed by atoms with Gasteiger partial charge in [0.15, 0.2) is 0 Å². The van der Waals surface area contributed by atoms with E-state index < -0.39 is 0 Å². The zero-order valence-corrected chi connectivity index (χ0v) is 16.7. The topological polar surface area (TPSA) is 68.4 Å². The van der Waals surface area contributed by atoms with Crippen LogP contribution in [0.2, 0.25) is 0 Å². The Hall–Kier alpha value is -1.99. The number of piperidine rings is 1. The molecule has 0 amide bonds. The molecule has 0 saturated carbocycles. The average molecular weight is 405 g/mol. The van der Waals surface area contributed by atoms with Crippen LogP contribution in [0.15, 0.2) is 24.3 Å². The van der Waals surface area contributed by atoms with Crippen molar-refractivity contribution in [3.63, 3.8) is 0 Å². The van der Waals surface area contributed by atoms with E-state index in [1.54, 1.807) is 12.1 Å². The molecule has 3 aliphatic rings. The van der Waals surface area contributed by atoms with Gasteiger partial charge in [-0.15, -0.1) is 0 Å². The molecule has 29 heavy (non-hydrogen) atoms. The summed E-state index contributed by atoms with van der Waals surface area (Å²) in [5.74, 6) is -0.988. The van der Waals surface area contributed by atoms with Gasteiger partial charge in [0.1, 0.15) is 12.4 Å². The van der Waals surface area contributed by atoms with E-state index in [0.29, 0.717) is 25.6 Å². The number of fused-ring (bicyclic) bond motifs is 2. The van der Waals surface area contributed by atoms with Crippen molar-refractivity contribution >= 4 is 11.9 Å². The minimum atomic E-state index is -0.299. The molecule has 3 unspecified atom stereocenters. The molecule has 0 radical (unpaired) electrons. The van der Waals surface area contributed by atoms with E-state index in [1.165, 1.54) is 19.2 Å². The van der Waals surface area contributed by atoms with E-state index in [1.807, 2.05) is 0 Å². The molecular formula is C22H28FNO5. The number of carbonyl (C=O) groups is 2. The Morgan fingerprint density at radius 3 is 2.69 bits per heavy atom. The molecular weight excluding hydrogens is 377 g/mol. The second kappa shape index (κ2) is 8.79. The number of rotatable bonds is 8. The number of carbonyl (C=O) groups excluding carboxylic acids is 2. The summed E-state index contributed by atoms with van der Waals surface area (Å²) in [6.45, 7) is 1.69. The van der Waals surface area contributed by atoms with E-state index in [2.05, 4.69) is 4.90 Å². The van der Waals surface area contributed by atoms with Gasteiger partial charge in [-0.3, -0.25) is 14.5 Å². The highest BCUT2D eigenvalue weighted by Crippen LogP contribution is 2.47. The molecule has 1 aromatic carbocycles. The number of ether oxygens (including phenoxy) is 3. The van der Waals surface area contributed by atoms with Gasteiger partial charge < -0.3 is 14.2 Å². The van der Waals surface area contributed by atoms with Gasteiger partial charge >= 0.3 is 11.9 Å². The lowest BCUT2D eigenvalue weighted by atomic mass is 9.76. The normalized spacial score (nSPS) is 30.8. The number of methoxy groups -OCH3 is 1. The van der Waals surface area contributed by atoms with Crippen molar-refractivity contribution in [1.82, 2.24) is 4.90 Å². The predicted octanol–water partition coefficient (Wildman–Crippen LogP) is 2.66. The quantitative estimate of drug-likeness (QED) is 0.489. The van der Waals surface area contributed by atoms with Gasteiger partial charge in [-0.25, -0.2) is 4.39 Å². The largest absolute Gasteiger partial charge is 0.469 e. The third-order valence-electron chi connectivity index (χ3n) is 6.52. The molecule has 158 valence electrons. The second-order valence-electron chi connectivity index (χ2n) is 8.19. The summed E-state index contributed by atoms with van der Waals surface area (Å²) in [7, 11) is 1.42. The molecule has 7 heteroatoms. The Bertz CT molecular complexity index is 735. The first-order chi connectivity index (χ1) is 14.1. The molecule has 4 rings (SSSR count). The first kappa shape index (κ1) is 20.3. The number of epoxide rings is 1. The highest BCUT2D eigenvalue weighted by molar-refractivity contribution is 5.75. The number of esters is 2. The van der Waals surface area contributed by atoms with Crippen LogP contribution < -0.4 is 0 Å². The minimum absolute atomic E-state index is 0.0119. The third kappa shape index (κ3) is 4.61. The van der Waals surface area contributed by atoms with Gasteiger partial charge in [-0.1, -0.05) is 12.1 Å². The predicted molar refractivity (Wildman–Crippen MR) is 103 cm³/mol. The zero-order chi connectivity index (χ0) is 20.4. The molecule has 5 atom stereocenters. The molecule has 3 heterocycles. The van der Waals surface area contributed by atoms with Gasteiger partial charge in [0.2, 0.25) is 0 Å². The maximum atomic E-state index is 13.4. The fraction of sp³-hybridized carbons (Fsp3) is 0.636. The van der Waals surface area contributed by atoms with Crippen LogP contribution in [0.1, 0.15) is 43.6 Å². The Morgan fingerprint density at radius 1 is 1.24 bits per heavy atom. The lowest BCUT2D eigenvalue weighted by molar-refractivity contribution is -0.152. The molecule has 3 aliphatic heterocycles. The van der Waals surface area contributed by atoms with Crippen LogP contribution in [-0.2, 0) is 23.8 Å². The van der Waals surface area contributed by atoms with Gasteiger partial charge in [0.05, 0.1) is 25.7 Å². The maximum Gasteiger partial charge on any atom is 0.310 e. The van der Waals surface area contributed by atoms with Crippen LogP contribution >= 0.6 is 0 Å². The summed E-state index contributed by atoms with van der Waals surface area (Å²) in [6, 6.07) is 6.82. The van der Waals surface area contributed by atoms with Gasteiger partial charge in [-0.2, -0.15) is 0 Å². The number of nitrogens with zero attached hydrogens (tertiary/aromatic N) is 1. The number of hydrogen-bond acceptors (Lipinski definition) is 6. The summed E-state index contributed by atoms with van der Waals surface area (Å²) in [5.41, 5.74) is 0.979. The van der Waals surface area contributed by atoms with E-state index in [9.17, 15) is 14.0 Å². The monoisotopic (exact) mass is 405 g/mol. The summed E-state index contributed by atoms with van der Waals surface area (Å²) >= 11 is 0. The molecule has 0 spiro atoms. The highest BCUT2D eigenvalue weighted by Gasteiger charge is 2.50. The number of hydrogen-bond donors (Lipinski definition) is 0. The molecule has 0 aromatic heterocycles. The molecule has 6 nitrogen and oxygen atoms in total. The molecule has 3 saturated heterocycles. The van der Waals surface area contributed by atoms with Gasteiger partial charge in [0.25, 0.3) is 0 Å². The molecule has 3 fully saturated rings. The fourth-order valence-corrected chi connectivity index (χ4v) is 5.02. The van der Waals surface area contributed by atoms with Crippen LogP contribution in [0.5, 0.6) is 0 Å². The molecule has 2 bridgehead atoms. The van der Waals surface area contributed by atoms with Gasteiger partial charge in [-0.05, 0) is 43.4 Å². The maximum absolute atomic E-state index is 13.4. The van der Waals surface area contributed by atoms with E-state index in [-0.39, 0.29) is 41.7 Å². The second-order valence-corrected chi connectivity index (χ2v) is 8.19. The SMILES string of the molecule is COC(=O)[C@@H]1C2CCC(C[C@@H]1c1ccc(F)cc1)N2CCOC(=O)CCC1CO1. The van der Waals surface area contributed by atoms with Crippen molar-refractivity contribution in [1.29, 1.82) is 0 Å². The van der Waals surface area contributed by atoms with Crippen molar-refractivity contribution in [2.24, 2.45) is 5.92 Å². The van der Waals surface area contributed by atoms with Crippen molar-refractivity contribution in [3.8, 4) is 0 Å². The molecule has 1 aromatic rings. The Kier molecular flexibility index (Phi) is 6.15. The Balaban J connectivity index is 1.39. The first-order valence-electron chi connectivity index (χ1n) is 10.4. The molecule has 0 N–H and O–H groups in total. The van der Waals surface area contributed by atoms with Crippen LogP contribution in [-0.4, -0.2) is 61.9 Å². The first-order valence-corrected chi connectivity index (χ1v) is 10.4. The lowest BCUT2D eigenvalue weighted by Crippen LogP contribution is -2.51. The van der Waals surface area contributed by atoms with Crippen molar-refractivity contribution < 1.29 is 28.2 Å².